The number of carbonyl (C=O) groups is 1. The van der Waals surface area contributed by atoms with Gasteiger partial charge in [-0.15, -0.1) is 0 Å². The maximum absolute atomic E-state index is 11.4. The van der Waals surface area contributed by atoms with Crippen LogP contribution in [0, 0.1) is 13.8 Å². The van der Waals surface area contributed by atoms with E-state index in [1.54, 1.807) is 13.8 Å². The fraction of sp³-hybridized carbons (Fsp3) is 0.417. The molecule has 0 heterocycles. The highest BCUT2D eigenvalue weighted by molar-refractivity contribution is 5.89. The van der Waals surface area contributed by atoms with Gasteiger partial charge in [-0.2, -0.15) is 0 Å². The van der Waals surface area contributed by atoms with E-state index < -0.39 is 6.09 Å². The van der Waals surface area contributed by atoms with Crippen molar-refractivity contribution < 1.29 is 9.53 Å². The fourth-order valence-corrected chi connectivity index (χ4v) is 1.30. The average molecular weight is 222 g/mol. The highest BCUT2D eigenvalue weighted by atomic mass is 16.6. The molecule has 88 valence electrons. The zero-order valence-electron chi connectivity index (χ0n) is 10.1. The van der Waals surface area contributed by atoms with E-state index in [-0.39, 0.29) is 6.10 Å². The van der Waals surface area contributed by atoms with Gasteiger partial charge in [-0.3, -0.25) is 5.32 Å². The molecule has 0 bridgehead atoms. The van der Waals surface area contributed by atoms with Crippen LogP contribution in [0.4, 0.5) is 16.2 Å². The van der Waals surface area contributed by atoms with Gasteiger partial charge < -0.3 is 10.5 Å². The predicted molar refractivity (Wildman–Crippen MR) is 65.6 cm³/mol. The van der Waals surface area contributed by atoms with Crippen LogP contribution in [-0.2, 0) is 4.74 Å². The highest BCUT2D eigenvalue weighted by Crippen LogP contribution is 2.23. The van der Waals surface area contributed by atoms with Gasteiger partial charge in [0.15, 0.2) is 0 Å². The molecule has 0 aliphatic rings. The molecular formula is C12H18N2O2. The van der Waals surface area contributed by atoms with Gasteiger partial charge in [0, 0.05) is 0 Å². The molecule has 0 atom stereocenters. The number of nitrogen functional groups attached to an aromatic ring is 1. The summed E-state index contributed by atoms with van der Waals surface area (Å²) in [6.07, 6.45) is -0.627. The maximum atomic E-state index is 11.4. The van der Waals surface area contributed by atoms with E-state index in [1.165, 1.54) is 0 Å². The minimum Gasteiger partial charge on any atom is -0.447 e. The Morgan fingerprint density at radius 2 is 1.88 bits per heavy atom. The summed E-state index contributed by atoms with van der Waals surface area (Å²) in [6.45, 7) is 7.53. The number of carbonyl (C=O) groups excluding carboxylic acids is 1. The van der Waals surface area contributed by atoms with Gasteiger partial charge >= 0.3 is 6.09 Å². The summed E-state index contributed by atoms with van der Waals surface area (Å²) in [5.74, 6) is 0. The first kappa shape index (κ1) is 12.4. The van der Waals surface area contributed by atoms with E-state index in [9.17, 15) is 4.79 Å². The van der Waals surface area contributed by atoms with Crippen LogP contribution in [-0.4, -0.2) is 12.2 Å². The highest BCUT2D eigenvalue weighted by Gasteiger charge is 2.08. The summed E-state index contributed by atoms with van der Waals surface area (Å²) in [4.78, 5) is 11.4. The summed E-state index contributed by atoms with van der Waals surface area (Å²) in [5.41, 5.74) is 9.11. The third kappa shape index (κ3) is 3.15. The van der Waals surface area contributed by atoms with E-state index >= 15 is 0 Å². The monoisotopic (exact) mass is 222 g/mol. The molecule has 0 aliphatic carbocycles. The van der Waals surface area contributed by atoms with Gasteiger partial charge in [0.1, 0.15) is 0 Å². The molecule has 0 radical (unpaired) electrons. The first-order chi connectivity index (χ1) is 7.40. The smallest absolute Gasteiger partial charge is 0.411 e. The summed E-state index contributed by atoms with van der Waals surface area (Å²) >= 11 is 0. The number of anilines is 2. The largest absolute Gasteiger partial charge is 0.447 e. The van der Waals surface area contributed by atoms with Crippen LogP contribution in [0.2, 0.25) is 0 Å². The van der Waals surface area contributed by atoms with Crippen LogP contribution < -0.4 is 11.1 Å². The molecule has 1 amide bonds. The molecule has 0 fully saturated rings. The molecule has 1 aromatic carbocycles. The standard InChI is InChI=1S/C12H18N2O2/c1-7(2)16-12(15)14-11-6-9(4)8(3)5-10(11)13/h5-7H,13H2,1-4H3,(H,14,15). The molecular weight excluding hydrogens is 204 g/mol. The minimum absolute atomic E-state index is 0.146. The van der Waals surface area contributed by atoms with Crippen molar-refractivity contribution in [2.75, 3.05) is 11.1 Å². The first-order valence-electron chi connectivity index (χ1n) is 5.24. The Kier molecular flexibility index (Phi) is 3.77. The second kappa shape index (κ2) is 4.88. The van der Waals surface area contributed by atoms with Crippen molar-refractivity contribution in [1.29, 1.82) is 0 Å². The van der Waals surface area contributed by atoms with Crippen molar-refractivity contribution in [2.24, 2.45) is 0 Å². The molecule has 0 saturated heterocycles. The number of rotatable bonds is 2. The third-order valence-electron chi connectivity index (χ3n) is 2.25. The number of ether oxygens (including phenoxy) is 1. The second-order valence-corrected chi connectivity index (χ2v) is 4.10. The molecule has 1 rings (SSSR count). The lowest BCUT2D eigenvalue weighted by atomic mass is 10.1. The third-order valence-corrected chi connectivity index (χ3v) is 2.25. The van der Waals surface area contributed by atoms with Crippen LogP contribution in [0.5, 0.6) is 0 Å². The Balaban J connectivity index is 2.81. The van der Waals surface area contributed by atoms with Crippen LogP contribution in [0.25, 0.3) is 0 Å². The Morgan fingerprint density at radius 1 is 1.31 bits per heavy atom. The number of hydrogen-bond acceptors (Lipinski definition) is 3. The van der Waals surface area contributed by atoms with Gasteiger partial charge in [0.05, 0.1) is 17.5 Å². The number of hydrogen-bond donors (Lipinski definition) is 2. The van der Waals surface area contributed by atoms with Gasteiger partial charge in [-0.05, 0) is 51.0 Å². The lowest BCUT2D eigenvalue weighted by Gasteiger charge is -2.12. The van der Waals surface area contributed by atoms with Crippen molar-refractivity contribution in [3.63, 3.8) is 0 Å². The summed E-state index contributed by atoms with van der Waals surface area (Å²) in [5, 5.41) is 2.62. The molecule has 0 aliphatic heterocycles. The van der Waals surface area contributed by atoms with Gasteiger partial charge in [0.2, 0.25) is 0 Å². The molecule has 0 spiro atoms. The van der Waals surface area contributed by atoms with Crippen LogP contribution in [0.15, 0.2) is 12.1 Å². The maximum Gasteiger partial charge on any atom is 0.411 e. The first-order valence-corrected chi connectivity index (χ1v) is 5.24. The molecule has 1 aromatic rings. The second-order valence-electron chi connectivity index (χ2n) is 4.10. The average Bonchev–Trinajstić information content (AvgIpc) is 2.12. The van der Waals surface area contributed by atoms with Crippen molar-refractivity contribution in [3.05, 3.63) is 23.3 Å². The zero-order valence-corrected chi connectivity index (χ0v) is 10.1. The Labute approximate surface area is 95.8 Å². The predicted octanol–water partition coefficient (Wildman–Crippen LogP) is 2.84. The van der Waals surface area contributed by atoms with E-state index in [4.69, 9.17) is 10.5 Å². The number of aryl methyl sites for hydroxylation is 2. The van der Waals surface area contributed by atoms with Crippen LogP contribution >= 0.6 is 0 Å². The quantitative estimate of drug-likeness (QED) is 0.756. The van der Waals surface area contributed by atoms with Crippen molar-refractivity contribution in [3.8, 4) is 0 Å². The van der Waals surface area contributed by atoms with Crippen molar-refractivity contribution >= 4 is 17.5 Å². The lowest BCUT2D eigenvalue weighted by molar-refractivity contribution is 0.130. The number of nitrogens with one attached hydrogen (secondary N) is 1. The molecule has 0 unspecified atom stereocenters. The number of benzene rings is 1. The summed E-state index contributed by atoms with van der Waals surface area (Å²) in [7, 11) is 0. The molecule has 4 heteroatoms. The zero-order chi connectivity index (χ0) is 12.3. The Morgan fingerprint density at radius 3 is 2.44 bits per heavy atom. The van der Waals surface area contributed by atoms with E-state index in [0.717, 1.165) is 11.1 Å². The molecule has 16 heavy (non-hydrogen) atoms. The van der Waals surface area contributed by atoms with E-state index in [2.05, 4.69) is 5.32 Å². The Hall–Kier alpha value is -1.71. The van der Waals surface area contributed by atoms with Gasteiger partial charge in [-0.25, -0.2) is 4.79 Å². The minimum atomic E-state index is -0.482. The molecule has 0 aromatic heterocycles. The van der Waals surface area contributed by atoms with Crippen molar-refractivity contribution in [1.82, 2.24) is 0 Å². The van der Waals surface area contributed by atoms with E-state index in [1.807, 2.05) is 26.0 Å². The fourth-order valence-electron chi connectivity index (χ4n) is 1.30. The van der Waals surface area contributed by atoms with Crippen LogP contribution in [0.1, 0.15) is 25.0 Å². The van der Waals surface area contributed by atoms with Crippen LogP contribution in [0.3, 0.4) is 0 Å². The normalized spacial score (nSPS) is 10.3. The number of amides is 1. The van der Waals surface area contributed by atoms with Gasteiger partial charge in [-0.1, -0.05) is 0 Å². The molecule has 3 N–H and O–H groups in total. The number of nitrogens with two attached hydrogens (primary N) is 1. The summed E-state index contributed by atoms with van der Waals surface area (Å²) in [6, 6.07) is 3.67. The SMILES string of the molecule is Cc1cc(N)c(NC(=O)OC(C)C)cc1C. The molecule has 0 saturated carbocycles. The van der Waals surface area contributed by atoms with Gasteiger partial charge in [0.25, 0.3) is 0 Å². The summed E-state index contributed by atoms with van der Waals surface area (Å²) < 4.78 is 4.97. The van der Waals surface area contributed by atoms with Crippen molar-refractivity contribution in [2.45, 2.75) is 33.8 Å². The lowest BCUT2D eigenvalue weighted by Crippen LogP contribution is -2.18. The molecule has 4 nitrogen and oxygen atoms in total. The van der Waals surface area contributed by atoms with E-state index in [0.29, 0.717) is 11.4 Å². The Bertz CT molecular complexity index is 400. The topological polar surface area (TPSA) is 64.3 Å².